The van der Waals surface area contributed by atoms with E-state index in [0.29, 0.717) is 12.1 Å². The van der Waals surface area contributed by atoms with Crippen molar-refractivity contribution in [3.63, 3.8) is 0 Å². The molecule has 1 fully saturated rings. The summed E-state index contributed by atoms with van der Waals surface area (Å²) in [5.74, 6) is -5.15. The van der Waals surface area contributed by atoms with Crippen LogP contribution in [0.4, 0.5) is 23.7 Å². The van der Waals surface area contributed by atoms with Crippen molar-refractivity contribution in [2.75, 3.05) is 11.9 Å². The number of hydrogen-bond acceptors (Lipinski definition) is 3. The highest BCUT2D eigenvalue weighted by atomic mass is 19.1. The number of likely N-dealkylation sites (tertiary alicyclic amines) is 1. The summed E-state index contributed by atoms with van der Waals surface area (Å²) < 4.78 is 39.6. The number of nitrogens with one attached hydrogen (secondary N) is 1. The Balaban J connectivity index is 2.20. The Labute approximate surface area is 116 Å². The zero-order chi connectivity index (χ0) is 15.7. The van der Waals surface area contributed by atoms with Crippen molar-refractivity contribution in [3.05, 3.63) is 29.6 Å². The van der Waals surface area contributed by atoms with Crippen molar-refractivity contribution >= 4 is 17.7 Å². The number of β-amino-alcohol motifs (C(OH)–C–C–N with tert-alkyl or cyclic N) is 1. The second-order valence-corrected chi connectivity index (χ2v) is 4.57. The Morgan fingerprint density at radius 3 is 2.33 bits per heavy atom. The smallest absolute Gasteiger partial charge is 0.326 e. The number of carbonyl (C=O) groups is 2. The first kappa shape index (κ1) is 15.1. The topological polar surface area (TPSA) is 89.9 Å². The molecule has 114 valence electrons. The standard InChI is InChI=1S/C12H11F3N2O4/c13-5-1-7(14)10(8(15)2-5)16-12(21)17-4-6(18)3-9(17)11(19)20/h1-2,6,9,18H,3-4H2,(H,16,21)(H,19,20)/t6?,9-/m0/s1. The predicted octanol–water partition coefficient (Wildman–Crippen LogP) is 1.16. The fourth-order valence-electron chi connectivity index (χ4n) is 2.11. The molecule has 0 aliphatic carbocycles. The van der Waals surface area contributed by atoms with Crippen LogP contribution in [0.25, 0.3) is 0 Å². The molecule has 2 rings (SSSR count). The molecule has 9 heteroatoms. The van der Waals surface area contributed by atoms with E-state index in [4.69, 9.17) is 5.11 Å². The first-order valence-corrected chi connectivity index (χ1v) is 5.92. The van der Waals surface area contributed by atoms with Gasteiger partial charge in [0, 0.05) is 25.1 Å². The number of benzene rings is 1. The van der Waals surface area contributed by atoms with Gasteiger partial charge in [0.25, 0.3) is 0 Å². The summed E-state index contributed by atoms with van der Waals surface area (Å²) in [4.78, 5) is 23.6. The number of nitrogens with zero attached hydrogens (tertiary/aromatic N) is 1. The fourth-order valence-corrected chi connectivity index (χ4v) is 2.11. The summed E-state index contributed by atoms with van der Waals surface area (Å²) in [5.41, 5.74) is -0.882. The van der Waals surface area contributed by atoms with Crippen LogP contribution in [0.5, 0.6) is 0 Å². The fraction of sp³-hybridized carbons (Fsp3) is 0.333. The Hall–Kier alpha value is -2.29. The van der Waals surface area contributed by atoms with Crippen molar-refractivity contribution < 1.29 is 33.0 Å². The summed E-state index contributed by atoms with van der Waals surface area (Å²) >= 11 is 0. The maximum absolute atomic E-state index is 13.4. The van der Waals surface area contributed by atoms with E-state index in [1.54, 1.807) is 0 Å². The van der Waals surface area contributed by atoms with Crippen molar-refractivity contribution in [3.8, 4) is 0 Å². The highest BCUT2D eigenvalue weighted by molar-refractivity contribution is 5.93. The van der Waals surface area contributed by atoms with Gasteiger partial charge in [0.1, 0.15) is 17.5 Å². The number of urea groups is 1. The van der Waals surface area contributed by atoms with E-state index in [0.717, 1.165) is 4.90 Å². The molecule has 0 spiro atoms. The summed E-state index contributed by atoms with van der Waals surface area (Å²) in [7, 11) is 0. The number of halogens is 3. The first-order chi connectivity index (χ1) is 9.79. The predicted molar refractivity (Wildman–Crippen MR) is 64.1 cm³/mol. The summed E-state index contributed by atoms with van der Waals surface area (Å²) in [6.07, 6.45) is -1.23. The Bertz CT molecular complexity index is 573. The molecule has 2 atom stereocenters. The maximum atomic E-state index is 13.4. The van der Waals surface area contributed by atoms with Gasteiger partial charge in [-0.05, 0) is 0 Å². The van der Waals surface area contributed by atoms with E-state index in [-0.39, 0.29) is 13.0 Å². The van der Waals surface area contributed by atoms with Crippen LogP contribution in [0.1, 0.15) is 6.42 Å². The summed E-state index contributed by atoms with van der Waals surface area (Å²) in [6.45, 7) is -0.284. The van der Waals surface area contributed by atoms with Gasteiger partial charge in [-0.15, -0.1) is 0 Å². The second-order valence-electron chi connectivity index (χ2n) is 4.57. The number of aliphatic hydroxyl groups is 1. The molecule has 6 nitrogen and oxygen atoms in total. The molecule has 1 aliphatic heterocycles. The number of hydrogen-bond donors (Lipinski definition) is 3. The van der Waals surface area contributed by atoms with Crippen molar-refractivity contribution in [1.29, 1.82) is 0 Å². The number of aliphatic hydroxyl groups excluding tert-OH is 1. The number of carboxylic acid groups (broad SMARTS) is 1. The Morgan fingerprint density at radius 2 is 1.81 bits per heavy atom. The third-order valence-corrected chi connectivity index (χ3v) is 3.06. The maximum Gasteiger partial charge on any atom is 0.326 e. The molecule has 0 saturated carbocycles. The van der Waals surface area contributed by atoms with Gasteiger partial charge >= 0.3 is 12.0 Å². The lowest BCUT2D eigenvalue weighted by Gasteiger charge is -2.21. The quantitative estimate of drug-likeness (QED) is 0.764. The van der Waals surface area contributed by atoms with Crippen molar-refractivity contribution in [2.24, 2.45) is 0 Å². The van der Waals surface area contributed by atoms with Gasteiger partial charge in [-0.25, -0.2) is 22.8 Å². The first-order valence-electron chi connectivity index (χ1n) is 5.92. The molecule has 1 aliphatic rings. The van der Waals surface area contributed by atoms with Gasteiger partial charge < -0.3 is 20.4 Å². The van der Waals surface area contributed by atoms with Crippen LogP contribution in [-0.2, 0) is 4.79 Å². The number of carbonyl (C=O) groups excluding carboxylic acids is 1. The van der Waals surface area contributed by atoms with E-state index in [1.807, 2.05) is 5.32 Å². The minimum Gasteiger partial charge on any atom is -0.480 e. The monoisotopic (exact) mass is 304 g/mol. The highest BCUT2D eigenvalue weighted by Gasteiger charge is 2.39. The van der Waals surface area contributed by atoms with E-state index in [1.165, 1.54) is 0 Å². The Kier molecular flexibility index (Phi) is 4.03. The van der Waals surface area contributed by atoms with Crippen LogP contribution in [0, 0.1) is 17.5 Å². The third kappa shape index (κ3) is 3.07. The number of anilines is 1. The molecule has 21 heavy (non-hydrogen) atoms. The number of carboxylic acids is 1. The zero-order valence-corrected chi connectivity index (χ0v) is 10.5. The average Bonchev–Trinajstić information content (AvgIpc) is 2.76. The molecule has 1 unspecified atom stereocenters. The lowest BCUT2D eigenvalue weighted by atomic mass is 10.2. The molecule has 0 aromatic heterocycles. The van der Waals surface area contributed by atoms with Gasteiger partial charge in [0.2, 0.25) is 0 Å². The molecular formula is C12H11F3N2O4. The Morgan fingerprint density at radius 1 is 1.24 bits per heavy atom. The van der Waals surface area contributed by atoms with E-state index in [9.17, 15) is 27.9 Å². The average molecular weight is 304 g/mol. The molecule has 2 amide bonds. The highest BCUT2D eigenvalue weighted by Crippen LogP contribution is 2.23. The van der Waals surface area contributed by atoms with Gasteiger partial charge in [-0.3, -0.25) is 0 Å². The number of rotatable bonds is 2. The van der Waals surface area contributed by atoms with Gasteiger partial charge in [-0.1, -0.05) is 0 Å². The van der Waals surface area contributed by atoms with E-state index >= 15 is 0 Å². The SMILES string of the molecule is O=C(O)[C@@H]1CC(O)CN1C(=O)Nc1c(F)cc(F)cc1F. The van der Waals surface area contributed by atoms with Gasteiger partial charge in [0.05, 0.1) is 6.10 Å². The van der Waals surface area contributed by atoms with Crippen LogP contribution in [0.2, 0.25) is 0 Å². The minimum absolute atomic E-state index is 0.183. The van der Waals surface area contributed by atoms with Crippen LogP contribution in [0.3, 0.4) is 0 Å². The van der Waals surface area contributed by atoms with Crippen LogP contribution < -0.4 is 5.32 Å². The number of aliphatic carboxylic acids is 1. The van der Waals surface area contributed by atoms with Crippen LogP contribution in [0.15, 0.2) is 12.1 Å². The largest absolute Gasteiger partial charge is 0.480 e. The minimum atomic E-state index is -1.35. The zero-order valence-electron chi connectivity index (χ0n) is 10.5. The van der Waals surface area contributed by atoms with E-state index in [2.05, 4.69) is 0 Å². The molecule has 0 bridgehead atoms. The van der Waals surface area contributed by atoms with Crippen LogP contribution >= 0.6 is 0 Å². The molecule has 3 N–H and O–H groups in total. The lowest BCUT2D eigenvalue weighted by Crippen LogP contribution is -2.43. The molecule has 1 saturated heterocycles. The lowest BCUT2D eigenvalue weighted by molar-refractivity contribution is -0.141. The number of amides is 2. The second kappa shape index (κ2) is 5.60. The molecule has 1 heterocycles. The third-order valence-electron chi connectivity index (χ3n) is 3.06. The van der Waals surface area contributed by atoms with Crippen molar-refractivity contribution in [1.82, 2.24) is 4.90 Å². The van der Waals surface area contributed by atoms with E-state index < -0.39 is 47.3 Å². The van der Waals surface area contributed by atoms with Gasteiger partial charge in [0.15, 0.2) is 11.6 Å². The molecule has 1 aromatic carbocycles. The molecule has 1 aromatic rings. The molecular weight excluding hydrogens is 293 g/mol. The summed E-state index contributed by atoms with van der Waals surface area (Å²) in [6, 6.07) is -1.63. The normalized spacial score (nSPS) is 21.4. The van der Waals surface area contributed by atoms with Gasteiger partial charge in [-0.2, -0.15) is 0 Å². The summed E-state index contributed by atoms with van der Waals surface area (Å²) in [5, 5.41) is 20.2. The van der Waals surface area contributed by atoms with Crippen molar-refractivity contribution in [2.45, 2.75) is 18.6 Å². The molecule has 0 radical (unpaired) electrons. The van der Waals surface area contributed by atoms with Crippen LogP contribution in [-0.4, -0.2) is 45.8 Å².